The second-order valence-corrected chi connectivity index (χ2v) is 6.44. The molecule has 0 aromatic heterocycles. The molecule has 0 amide bonds. The number of hydrogen-bond donors (Lipinski definition) is 0. The van der Waals surface area contributed by atoms with Gasteiger partial charge in [-0.1, -0.05) is 30.3 Å². The molecule has 2 fully saturated rings. The standard InChI is InChI=1S/C18H23NO3/c1-2-22-17(21)15-12-18(15)8-10-19(11-9-18)13-16(20)14-6-4-3-5-7-14/h3-7,15H,2,8-13H2,1H3. The molecule has 2 aliphatic rings. The van der Waals surface area contributed by atoms with Gasteiger partial charge in [0.2, 0.25) is 0 Å². The fourth-order valence-corrected chi connectivity index (χ4v) is 3.55. The summed E-state index contributed by atoms with van der Waals surface area (Å²) in [6.07, 6.45) is 2.96. The van der Waals surface area contributed by atoms with Gasteiger partial charge in [0.15, 0.2) is 5.78 Å². The van der Waals surface area contributed by atoms with Crippen LogP contribution in [0.5, 0.6) is 0 Å². The molecule has 0 N–H and O–H groups in total. The first-order valence-corrected chi connectivity index (χ1v) is 8.12. The van der Waals surface area contributed by atoms with Crippen molar-refractivity contribution in [3.63, 3.8) is 0 Å². The average Bonchev–Trinajstić information content (AvgIpc) is 3.25. The number of hydrogen-bond acceptors (Lipinski definition) is 4. The lowest BCUT2D eigenvalue weighted by molar-refractivity contribution is -0.146. The van der Waals surface area contributed by atoms with Crippen LogP contribution in [0.1, 0.15) is 36.5 Å². The van der Waals surface area contributed by atoms with E-state index in [-0.39, 0.29) is 23.1 Å². The third-order valence-electron chi connectivity index (χ3n) is 5.08. The lowest BCUT2D eigenvalue weighted by Crippen LogP contribution is -2.39. The first kappa shape index (κ1) is 15.2. The fraction of sp³-hybridized carbons (Fsp3) is 0.556. The number of esters is 1. The molecule has 4 heteroatoms. The molecule has 1 saturated carbocycles. The molecule has 1 aliphatic carbocycles. The third-order valence-corrected chi connectivity index (χ3v) is 5.08. The molecule has 118 valence electrons. The normalized spacial score (nSPS) is 23.2. The number of benzene rings is 1. The van der Waals surface area contributed by atoms with Crippen molar-refractivity contribution in [2.45, 2.75) is 26.2 Å². The summed E-state index contributed by atoms with van der Waals surface area (Å²) in [4.78, 5) is 26.3. The highest BCUT2D eigenvalue weighted by atomic mass is 16.5. The molecular weight excluding hydrogens is 278 g/mol. The predicted octanol–water partition coefficient (Wildman–Crippen LogP) is 2.53. The number of nitrogens with zero attached hydrogens (tertiary/aromatic N) is 1. The minimum Gasteiger partial charge on any atom is -0.466 e. The molecule has 3 rings (SSSR count). The fourth-order valence-electron chi connectivity index (χ4n) is 3.55. The van der Waals surface area contributed by atoms with Crippen molar-refractivity contribution in [1.29, 1.82) is 0 Å². The highest BCUT2D eigenvalue weighted by Gasteiger charge is 2.59. The monoisotopic (exact) mass is 301 g/mol. The Balaban J connectivity index is 1.49. The molecule has 1 spiro atoms. The Morgan fingerprint density at radius 1 is 1.23 bits per heavy atom. The van der Waals surface area contributed by atoms with Gasteiger partial charge in [0.1, 0.15) is 0 Å². The van der Waals surface area contributed by atoms with Crippen LogP contribution in [0, 0.1) is 11.3 Å². The van der Waals surface area contributed by atoms with Gasteiger partial charge < -0.3 is 4.74 Å². The Kier molecular flexibility index (Phi) is 4.30. The maximum absolute atomic E-state index is 12.2. The zero-order valence-electron chi connectivity index (χ0n) is 13.1. The Bertz CT molecular complexity index is 547. The topological polar surface area (TPSA) is 46.6 Å². The quantitative estimate of drug-likeness (QED) is 0.619. The first-order valence-electron chi connectivity index (χ1n) is 8.12. The van der Waals surface area contributed by atoms with Gasteiger partial charge in [-0.05, 0) is 44.7 Å². The number of ketones is 1. The van der Waals surface area contributed by atoms with Crippen molar-refractivity contribution < 1.29 is 14.3 Å². The Morgan fingerprint density at radius 2 is 1.91 bits per heavy atom. The van der Waals surface area contributed by atoms with Crippen LogP contribution in [0.3, 0.4) is 0 Å². The number of ether oxygens (including phenoxy) is 1. The summed E-state index contributed by atoms with van der Waals surface area (Å²) in [5.74, 6) is 0.241. The van der Waals surface area contributed by atoms with Crippen molar-refractivity contribution in [3.05, 3.63) is 35.9 Å². The second kappa shape index (κ2) is 6.21. The van der Waals surface area contributed by atoms with E-state index in [1.165, 1.54) is 0 Å². The van der Waals surface area contributed by atoms with Crippen molar-refractivity contribution >= 4 is 11.8 Å². The number of piperidine rings is 1. The van der Waals surface area contributed by atoms with Crippen LogP contribution in [0.4, 0.5) is 0 Å². The van der Waals surface area contributed by atoms with E-state index >= 15 is 0 Å². The molecule has 1 unspecified atom stereocenters. The van der Waals surface area contributed by atoms with Gasteiger partial charge in [-0.3, -0.25) is 14.5 Å². The molecule has 1 aromatic rings. The van der Waals surface area contributed by atoms with Gasteiger partial charge in [-0.2, -0.15) is 0 Å². The molecule has 4 nitrogen and oxygen atoms in total. The van der Waals surface area contributed by atoms with E-state index in [9.17, 15) is 9.59 Å². The smallest absolute Gasteiger partial charge is 0.309 e. The summed E-state index contributed by atoms with van der Waals surface area (Å²) in [6, 6.07) is 9.44. The van der Waals surface area contributed by atoms with Crippen LogP contribution in [0.25, 0.3) is 0 Å². The highest BCUT2D eigenvalue weighted by molar-refractivity contribution is 5.97. The number of likely N-dealkylation sites (tertiary alicyclic amines) is 1. The van der Waals surface area contributed by atoms with Crippen molar-refractivity contribution in [3.8, 4) is 0 Å². The van der Waals surface area contributed by atoms with E-state index in [1.807, 2.05) is 37.3 Å². The van der Waals surface area contributed by atoms with E-state index in [4.69, 9.17) is 4.74 Å². The molecule has 1 saturated heterocycles. The van der Waals surface area contributed by atoms with Gasteiger partial charge in [0.25, 0.3) is 0 Å². The summed E-state index contributed by atoms with van der Waals surface area (Å²) < 4.78 is 5.14. The van der Waals surface area contributed by atoms with Gasteiger partial charge >= 0.3 is 5.97 Å². The van der Waals surface area contributed by atoms with E-state index in [0.717, 1.165) is 37.9 Å². The van der Waals surface area contributed by atoms with Crippen LogP contribution < -0.4 is 0 Å². The Morgan fingerprint density at radius 3 is 2.55 bits per heavy atom. The summed E-state index contributed by atoms with van der Waals surface area (Å²) in [6.45, 7) is 4.58. The third kappa shape index (κ3) is 3.07. The number of carbonyl (C=O) groups is 2. The van der Waals surface area contributed by atoms with Crippen LogP contribution >= 0.6 is 0 Å². The van der Waals surface area contributed by atoms with E-state index in [1.54, 1.807) is 0 Å². The van der Waals surface area contributed by atoms with Gasteiger partial charge in [-0.25, -0.2) is 0 Å². The molecule has 1 atom stereocenters. The molecule has 0 radical (unpaired) electrons. The van der Waals surface area contributed by atoms with E-state index in [2.05, 4.69) is 4.90 Å². The van der Waals surface area contributed by atoms with Crippen molar-refractivity contribution in [1.82, 2.24) is 4.90 Å². The van der Waals surface area contributed by atoms with Crippen LogP contribution in [0.15, 0.2) is 30.3 Å². The maximum atomic E-state index is 12.2. The molecular formula is C18H23NO3. The zero-order chi connectivity index (χ0) is 15.6. The lowest BCUT2D eigenvalue weighted by atomic mass is 9.90. The maximum Gasteiger partial charge on any atom is 0.309 e. The minimum absolute atomic E-state index is 0.0312. The molecule has 22 heavy (non-hydrogen) atoms. The summed E-state index contributed by atoms with van der Waals surface area (Å²) >= 11 is 0. The summed E-state index contributed by atoms with van der Waals surface area (Å²) in [5, 5.41) is 0. The Labute approximate surface area is 131 Å². The average molecular weight is 301 g/mol. The molecule has 1 heterocycles. The van der Waals surface area contributed by atoms with Crippen LogP contribution in [-0.2, 0) is 9.53 Å². The molecule has 1 aromatic carbocycles. The molecule has 1 aliphatic heterocycles. The number of rotatable bonds is 5. The van der Waals surface area contributed by atoms with Crippen LogP contribution in [0.2, 0.25) is 0 Å². The van der Waals surface area contributed by atoms with E-state index < -0.39 is 0 Å². The molecule has 0 bridgehead atoms. The lowest BCUT2D eigenvalue weighted by Gasteiger charge is -2.32. The summed E-state index contributed by atoms with van der Waals surface area (Å²) in [7, 11) is 0. The van der Waals surface area contributed by atoms with Crippen molar-refractivity contribution in [2.75, 3.05) is 26.2 Å². The second-order valence-electron chi connectivity index (χ2n) is 6.44. The van der Waals surface area contributed by atoms with Gasteiger partial charge in [-0.15, -0.1) is 0 Å². The number of carbonyl (C=O) groups excluding carboxylic acids is 2. The minimum atomic E-state index is -0.0312. The SMILES string of the molecule is CCOC(=O)C1CC12CCN(CC(=O)c1ccccc1)CC2. The zero-order valence-corrected chi connectivity index (χ0v) is 13.1. The summed E-state index contributed by atoms with van der Waals surface area (Å²) in [5.41, 5.74) is 0.942. The first-order chi connectivity index (χ1) is 10.6. The van der Waals surface area contributed by atoms with Gasteiger partial charge in [0, 0.05) is 5.56 Å². The van der Waals surface area contributed by atoms with Gasteiger partial charge in [0.05, 0.1) is 19.1 Å². The predicted molar refractivity (Wildman–Crippen MR) is 83.6 cm³/mol. The highest BCUT2D eigenvalue weighted by Crippen LogP contribution is 2.59. The largest absolute Gasteiger partial charge is 0.466 e. The number of Topliss-reactive ketones (excluding diaryl/α,β-unsaturated/α-hetero) is 1. The van der Waals surface area contributed by atoms with Crippen molar-refractivity contribution in [2.24, 2.45) is 11.3 Å². The Hall–Kier alpha value is -1.68. The van der Waals surface area contributed by atoms with E-state index in [0.29, 0.717) is 13.2 Å². The van der Waals surface area contributed by atoms with Crippen LogP contribution in [-0.4, -0.2) is 42.9 Å².